The average Bonchev–Trinajstić information content (AvgIpc) is 3.16. The minimum Gasteiger partial charge on any atom is -0.472 e. The first-order valence-electron chi connectivity index (χ1n) is 11.7. The monoisotopic (exact) mass is 522 g/mol. The van der Waals surface area contributed by atoms with Gasteiger partial charge in [0.05, 0.1) is 37.6 Å². The van der Waals surface area contributed by atoms with Gasteiger partial charge in [0.1, 0.15) is 48.3 Å². The van der Waals surface area contributed by atoms with Crippen LogP contribution in [0.3, 0.4) is 0 Å². The largest absolute Gasteiger partial charge is 0.472 e. The smallest absolute Gasteiger partial charge is 0.211 e. The van der Waals surface area contributed by atoms with Crippen molar-refractivity contribution in [2.24, 2.45) is 11.8 Å². The van der Waals surface area contributed by atoms with Gasteiger partial charge in [-0.3, -0.25) is 0 Å². The number of aliphatic hydroxyl groups is 10. The summed E-state index contributed by atoms with van der Waals surface area (Å²) in [7, 11) is 0. The van der Waals surface area contributed by atoms with Gasteiger partial charge in [0.15, 0.2) is 6.29 Å². The Balaban J connectivity index is 1.60. The van der Waals surface area contributed by atoms with Gasteiger partial charge in [0, 0.05) is 12.5 Å². The highest BCUT2D eigenvalue weighted by Crippen LogP contribution is 2.48. The van der Waals surface area contributed by atoms with Crippen LogP contribution in [-0.4, -0.2) is 144 Å². The van der Waals surface area contributed by atoms with Crippen LogP contribution in [0, 0.1) is 11.8 Å². The van der Waals surface area contributed by atoms with Crippen molar-refractivity contribution in [2.75, 3.05) is 19.8 Å². The van der Waals surface area contributed by atoms with E-state index in [4.69, 9.17) is 18.9 Å². The standard InChI is InChI=1S/C22H34O14/c23-5-8-4-12(26)22(36-10-3-9(6-24)14(27)17(30)15(10)28)1-2-33-20(13(8)22)35-21-19(32)18(31)16(29)11(7-25)34-21/h1-2,4,9-21,23-32H,3,5-7H2/t9-,10-,11-,12-,13+,14-,15+,16-,17+,18+,19-,20+,21+,22-/m1/s1. The minimum atomic E-state index is -1.75. The molecule has 2 aliphatic heterocycles. The van der Waals surface area contributed by atoms with Crippen molar-refractivity contribution >= 4 is 0 Å². The molecule has 0 unspecified atom stereocenters. The van der Waals surface area contributed by atoms with Gasteiger partial charge in [-0.05, 0) is 18.1 Å². The lowest BCUT2D eigenvalue weighted by molar-refractivity contribution is -0.347. The Morgan fingerprint density at radius 3 is 2.17 bits per heavy atom. The van der Waals surface area contributed by atoms with E-state index < -0.39 is 105 Å². The first-order valence-corrected chi connectivity index (χ1v) is 11.7. The molecule has 10 N–H and O–H groups in total. The molecule has 4 rings (SSSR count). The normalized spacial score (nSPS) is 50.9. The molecule has 14 atom stereocenters. The van der Waals surface area contributed by atoms with Crippen LogP contribution in [-0.2, 0) is 18.9 Å². The fourth-order valence-corrected chi connectivity index (χ4v) is 5.40. The van der Waals surface area contributed by atoms with Gasteiger partial charge >= 0.3 is 0 Å². The summed E-state index contributed by atoms with van der Waals surface area (Å²) in [6.45, 7) is -1.74. The lowest BCUT2D eigenvalue weighted by Crippen LogP contribution is -2.63. The van der Waals surface area contributed by atoms with Crippen molar-refractivity contribution in [3.8, 4) is 0 Å². The van der Waals surface area contributed by atoms with Crippen LogP contribution in [0.2, 0.25) is 0 Å². The average molecular weight is 523 g/mol. The Morgan fingerprint density at radius 1 is 0.833 bits per heavy atom. The summed E-state index contributed by atoms with van der Waals surface area (Å²) in [5.74, 6) is -1.91. The van der Waals surface area contributed by atoms with Crippen molar-refractivity contribution in [1.82, 2.24) is 0 Å². The Kier molecular flexibility index (Phi) is 8.38. The number of ether oxygens (including phenoxy) is 4. The first-order chi connectivity index (χ1) is 17.1. The van der Waals surface area contributed by atoms with Crippen molar-refractivity contribution < 1.29 is 70.0 Å². The molecule has 0 spiro atoms. The second-order valence-corrected chi connectivity index (χ2v) is 9.62. The van der Waals surface area contributed by atoms with E-state index in [1.807, 2.05) is 0 Å². The van der Waals surface area contributed by atoms with Crippen LogP contribution < -0.4 is 0 Å². The molecule has 0 amide bonds. The molecule has 14 nitrogen and oxygen atoms in total. The Bertz CT molecular complexity index is 819. The molecule has 0 aromatic carbocycles. The third-order valence-corrected chi connectivity index (χ3v) is 7.52. The van der Waals surface area contributed by atoms with Gasteiger partial charge in [-0.15, -0.1) is 0 Å². The summed E-state index contributed by atoms with van der Waals surface area (Å²) in [5, 5.41) is 101. The minimum absolute atomic E-state index is 0.0710. The fourth-order valence-electron chi connectivity index (χ4n) is 5.40. The van der Waals surface area contributed by atoms with Gasteiger partial charge in [-0.1, -0.05) is 6.08 Å². The van der Waals surface area contributed by atoms with Gasteiger partial charge < -0.3 is 70.0 Å². The van der Waals surface area contributed by atoms with Crippen molar-refractivity contribution in [1.29, 1.82) is 0 Å². The molecule has 0 aromatic rings. The Labute approximate surface area is 205 Å². The molecule has 2 heterocycles. The van der Waals surface area contributed by atoms with E-state index in [9.17, 15) is 51.1 Å². The maximum absolute atomic E-state index is 11.0. The molecule has 206 valence electrons. The predicted molar refractivity (Wildman–Crippen MR) is 114 cm³/mol. The van der Waals surface area contributed by atoms with E-state index in [1.165, 1.54) is 12.2 Å². The highest BCUT2D eigenvalue weighted by atomic mass is 16.8. The lowest BCUT2D eigenvalue weighted by atomic mass is 9.79. The zero-order valence-electron chi connectivity index (χ0n) is 19.2. The van der Waals surface area contributed by atoms with E-state index in [-0.39, 0.29) is 12.0 Å². The Hall–Kier alpha value is -1.24. The fraction of sp³-hybridized carbons (Fsp3) is 0.818. The zero-order valence-corrected chi connectivity index (χ0v) is 19.2. The summed E-state index contributed by atoms with van der Waals surface area (Å²) in [6.07, 6.45) is -12.8. The summed E-state index contributed by atoms with van der Waals surface area (Å²) >= 11 is 0. The maximum Gasteiger partial charge on any atom is 0.211 e. The van der Waals surface area contributed by atoms with E-state index in [0.29, 0.717) is 0 Å². The zero-order chi connectivity index (χ0) is 26.4. The quantitative estimate of drug-likeness (QED) is 0.141. The van der Waals surface area contributed by atoms with E-state index in [2.05, 4.69) is 0 Å². The summed E-state index contributed by atoms with van der Waals surface area (Å²) < 4.78 is 22.8. The third kappa shape index (κ3) is 4.60. The topological polar surface area (TPSA) is 239 Å². The molecule has 0 radical (unpaired) electrons. The van der Waals surface area contributed by atoms with Crippen LogP contribution in [0.4, 0.5) is 0 Å². The summed E-state index contributed by atoms with van der Waals surface area (Å²) in [4.78, 5) is 0. The SMILES string of the molecule is OCC1=C[C@@H](O)[C@]2(O[C@@H]3C[C@H](CO)[C@@H](O)[C@H](O)[C@H]3O)C=CO[C@@H](O[C@@H]3O[C@H](CO)[C@@H](O)[C@H](O)[C@H]3O)[C@H]12. The molecule has 1 saturated heterocycles. The first kappa shape index (κ1) is 27.8. The molecular formula is C22H34O14. The molecule has 2 fully saturated rings. The lowest BCUT2D eigenvalue weighted by Gasteiger charge is -2.49. The van der Waals surface area contributed by atoms with Crippen molar-refractivity contribution in [3.05, 3.63) is 24.0 Å². The van der Waals surface area contributed by atoms with E-state index in [0.717, 1.165) is 6.26 Å². The van der Waals surface area contributed by atoms with E-state index in [1.54, 1.807) is 0 Å². The van der Waals surface area contributed by atoms with Crippen LogP contribution in [0.5, 0.6) is 0 Å². The molecule has 0 bridgehead atoms. The Morgan fingerprint density at radius 2 is 1.53 bits per heavy atom. The molecule has 36 heavy (non-hydrogen) atoms. The van der Waals surface area contributed by atoms with Crippen LogP contribution in [0.1, 0.15) is 6.42 Å². The molecule has 4 aliphatic rings. The second kappa shape index (κ2) is 10.9. The number of rotatable bonds is 7. The van der Waals surface area contributed by atoms with Gasteiger partial charge in [0.25, 0.3) is 0 Å². The van der Waals surface area contributed by atoms with Crippen molar-refractivity contribution in [3.63, 3.8) is 0 Å². The number of fused-ring (bicyclic) bond motifs is 1. The second-order valence-electron chi connectivity index (χ2n) is 9.62. The maximum atomic E-state index is 11.0. The third-order valence-electron chi connectivity index (χ3n) is 7.52. The van der Waals surface area contributed by atoms with E-state index >= 15 is 0 Å². The van der Waals surface area contributed by atoms with Crippen molar-refractivity contribution in [2.45, 2.75) is 79.5 Å². The highest BCUT2D eigenvalue weighted by Gasteiger charge is 2.59. The molecule has 2 aliphatic carbocycles. The molecule has 1 saturated carbocycles. The number of hydrogen-bond donors (Lipinski definition) is 10. The molecule has 14 heteroatoms. The molecular weight excluding hydrogens is 488 g/mol. The predicted octanol–water partition coefficient (Wildman–Crippen LogP) is -5.20. The number of aliphatic hydroxyl groups excluding tert-OH is 10. The highest BCUT2D eigenvalue weighted by molar-refractivity contribution is 5.34. The molecule has 0 aromatic heterocycles. The van der Waals surface area contributed by atoms with Gasteiger partial charge in [0.2, 0.25) is 6.29 Å². The summed E-state index contributed by atoms with van der Waals surface area (Å²) in [5.41, 5.74) is -1.49. The van der Waals surface area contributed by atoms with Crippen LogP contribution in [0.15, 0.2) is 24.0 Å². The van der Waals surface area contributed by atoms with Gasteiger partial charge in [-0.25, -0.2) is 0 Å². The van der Waals surface area contributed by atoms with Crippen LogP contribution in [0.25, 0.3) is 0 Å². The van der Waals surface area contributed by atoms with Crippen LogP contribution >= 0.6 is 0 Å². The summed E-state index contributed by atoms with van der Waals surface area (Å²) in [6, 6.07) is 0. The van der Waals surface area contributed by atoms with Gasteiger partial charge in [-0.2, -0.15) is 0 Å². The number of hydrogen-bond acceptors (Lipinski definition) is 14.